The molecule has 2 rings (SSSR count). The molecular weight excluding hydrogens is 359 g/mol. The van der Waals surface area contributed by atoms with E-state index in [4.69, 9.17) is 4.74 Å². The summed E-state index contributed by atoms with van der Waals surface area (Å²) in [5.74, 6) is -0.231. The van der Waals surface area contributed by atoms with Crippen molar-refractivity contribution in [2.24, 2.45) is 0 Å². The predicted molar refractivity (Wildman–Crippen MR) is 106 cm³/mol. The number of aryl methyl sites for hydroxylation is 1. The second kappa shape index (κ2) is 10.4. The third kappa shape index (κ3) is 5.81. The molecule has 28 heavy (non-hydrogen) atoms. The molecule has 0 saturated carbocycles. The normalized spacial score (nSPS) is 11.6. The molecule has 2 amide bonds. The fourth-order valence-electron chi connectivity index (χ4n) is 2.94. The third-order valence-electron chi connectivity index (χ3n) is 4.45. The molecule has 1 N–H and O–H groups in total. The highest BCUT2D eigenvalue weighted by Gasteiger charge is 2.28. The van der Waals surface area contributed by atoms with Crippen LogP contribution in [0.4, 0.5) is 4.39 Å². The summed E-state index contributed by atoms with van der Waals surface area (Å²) >= 11 is 0. The Hall–Kier alpha value is -2.89. The van der Waals surface area contributed by atoms with E-state index >= 15 is 0 Å². The van der Waals surface area contributed by atoms with Gasteiger partial charge in [-0.05, 0) is 49.6 Å². The molecule has 5 nitrogen and oxygen atoms in total. The number of amides is 2. The van der Waals surface area contributed by atoms with Gasteiger partial charge in [-0.25, -0.2) is 4.39 Å². The van der Waals surface area contributed by atoms with Gasteiger partial charge in [0.05, 0.1) is 0 Å². The zero-order chi connectivity index (χ0) is 20.5. The molecular formula is C22H27FN2O3. The summed E-state index contributed by atoms with van der Waals surface area (Å²) in [6, 6.07) is 12.7. The second-order valence-corrected chi connectivity index (χ2v) is 6.52. The molecule has 0 aliphatic rings. The lowest BCUT2D eigenvalue weighted by molar-refractivity contribution is -0.142. The second-order valence-electron chi connectivity index (χ2n) is 6.52. The molecule has 0 unspecified atom stereocenters. The molecule has 0 radical (unpaired) electrons. The van der Waals surface area contributed by atoms with E-state index in [-0.39, 0.29) is 30.8 Å². The van der Waals surface area contributed by atoms with Gasteiger partial charge in [-0.15, -0.1) is 0 Å². The summed E-state index contributed by atoms with van der Waals surface area (Å²) in [4.78, 5) is 26.9. The zero-order valence-corrected chi connectivity index (χ0v) is 16.6. The van der Waals surface area contributed by atoms with Crippen LogP contribution in [0, 0.1) is 12.7 Å². The summed E-state index contributed by atoms with van der Waals surface area (Å²) in [6.45, 7) is 6.09. The van der Waals surface area contributed by atoms with Crippen molar-refractivity contribution < 1.29 is 18.7 Å². The molecule has 0 aliphatic carbocycles. The van der Waals surface area contributed by atoms with E-state index in [0.29, 0.717) is 18.7 Å². The zero-order valence-electron chi connectivity index (χ0n) is 16.6. The number of rotatable bonds is 9. The highest BCUT2D eigenvalue weighted by molar-refractivity contribution is 5.88. The van der Waals surface area contributed by atoms with Crippen LogP contribution < -0.4 is 10.1 Å². The van der Waals surface area contributed by atoms with Gasteiger partial charge in [0.25, 0.3) is 5.91 Å². The predicted octanol–water partition coefficient (Wildman–Crippen LogP) is 3.46. The van der Waals surface area contributed by atoms with Crippen LogP contribution in [0.15, 0.2) is 48.5 Å². The lowest BCUT2D eigenvalue weighted by Crippen LogP contribution is -2.50. The molecule has 1 atom stereocenters. The summed E-state index contributed by atoms with van der Waals surface area (Å²) < 4.78 is 18.9. The minimum Gasteiger partial charge on any atom is -0.484 e. The lowest BCUT2D eigenvalue weighted by atomic mass is 10.1. The van der Waals surface area contributed by atoms with Crippen LogP contribution in [0.1, 0.15) is 31.4 Å². The number of hydrogen-bond acceptors (Lipinski definition) is 3. The van der Waals surface area contributed by atoms with Crippen LogP contribution in [-0.2, 0) is 16.1 Å². The molecule has 0 spiro atoms. The highest BCUT2D eigenvalue weighted by atomic mass is 19.1. The Bertz CT molecular complexity index is 793. The van der Waals surface area contributed by atoms with Crippen LogP contribution in [0.3, 0.4) is 0 Å². The van der Waals surface area contributed by atoms with E-state index in [0.717, 1.165) is 11.1 Å². The Morgan fingerprint density at radius 2 is 1.79 bits per heavy atom. The average Bonchev–Trinajstić information content (AvgIpc) is 2.68. The number of nitrogens with one attached hydrogen (secondary N) is 1. The minimum atomic E-state index is -0.627. The van der Waals surface area contributed by atoms with Crippen molar-refractivity contribution in [1.29, 1.82) is 0 Å². The first-order chi connectivity index (χ1) is 13.5. The third-order valence-corrected chi connectivity index (χ3v) is 4.45. The van der Waals surface area contributed by atoms with Gasteiger partial charge in [-0.2, -0.15) is 0 Å². The van der Waals surface area contributed by atoms with Gasteiger partial charge in [0.2, 0.25) is 5.91 Å². The number of halogens is 1. The molecule has 0 aromatic heterocycles. The van der Waals surface area contributed by atoms with Gasteiger partial charge >= 0.3 is 0 Å². The monoisotopic (exact) mass is 386 g/mol. The number of nitrogens with zero attached hydrogens (tertiary/aromatic N) is 1. The average molecular weight is 386 g/mol. The highest BCUT2D eigenvalue weighted by Crippen LogP contribution is 2.18. The van der Waals surface area contributed by atoms with Gasteiger partial charge in [0.15, 0.2) is 6.61 Å². The smallest absolute Gasteiger partial charge is 0.261 e. The molecule has 0 aliphatic heterocycles. The maximum atomic E-state index is 13.2. The van der Waals surface area contributed by atoms with Crippen LogP contribution in [0.2, 0.25) is 0 Å². The Balaban J connectivity index is 2.19. The Labute approximate surface area is 165 Å². The van der Waals surface area contributed by atoms with Crippen LogP contribution in [0.5, 0.6) is 5.75 Å². The van der Waals surface area contributed by atoms with Crippen molar-refractivity contribution in [2.45, 2.75) is 39.8 Å². The van der Waals surface area contributed by atoms with E-state index in [1.807, 2.05) is 39.0 Å². The summed E-state index contributed by atoms with van der Waals surface area (Å²) in [6.07, 6.45) is 0.461. The van der Waals surface area contributed by atoms with E-state index in [9.17, 15) is 14.0 Å². The molecule has 150 valence electrons. The standard InChI is InChI=1S/C22H27FN2O3/c1-4-19(22(27)24-5-2)25(14-17-10-12-18(23)13-11-17)21(26)15-28-20-9-7-6-8-16(20)3/h6-13,19H,4-5,14-15H2,1-3H3,(H,24,27)/t19-/m0/s1. The number of likely N-dealkylation sites (N-methyl/N-ethyl adjacent to an activating group) is 1. The van der Waals surface area contributed by atoms with Gasteiger partial charge in [-0.3, -0.25) is 9.59 Å². The van der Waals surface area contributed by atoms with Crippen LogP contribution in [0.25, 0.3) is 0 Å². The maximum Gasteiger partial charge on any atom is 0.261 e. The first-order valence-corrected chi connectivity index (χ1v) is 9.46. The van der Waals surface area contributed by atoms with E-state index < -0.39 is 6.04 Å². The first-order valence-electron chi connectivity index (χ1n) is 9.46. The van der Waals surface area contributed by atoms with E-state index in [1.54, 1.807) is 18.2 Å². The number of benzene rings is 2. The van der Waals surface area contributed by atoms with E-state index in [1.165, 1.54) is 17.0 Å². The van der Waals surface area contributed by atoms with Crippen molar-refractivity contribution >= 4 is 11.8 Å². The summed E-state index contributed by atoms with van der Waals surface area (Å²) in [5.41, 5.74) is 1.67. The van der Waals surface area contributed by atoms with Crippen molar-refractivity contribution in [1.82, 2.24) is 10.2 Å². The molecule has 2 aromatic rings. The van der Waals surface area contributed by atoms with Crippen molar-refractivity contribution in [2.75, 3.05) is 13.2 Å². The summed E-state index contributed by atoms with van der Waals surface area (Å²) in [7, 11) is 0. The number of hydrogen-bond donors (Lipinski definition) is 1. The topological polar surface area (TPSA) is 58.6 Å². The van der Waals surface area contributed by atoms with Crippen molar-refractivity contribution in [3.05, 3.63) is 65.5 Å². The quantitative estimate of drug-likeness (QED) is 0.718. The minimum absolute atomic E-state index is 0.179. The molecule has 0 saturated heterocycles. The van der Waals surface area contributed by atoms with Gasteiger partial charge in [-0.1, -0.05) is 37.3 Å². The lowest BCUT2D eigenvalue weighted by Gasteiger charge is -2.30. The molecule has 0 fully saturated rings. The van der Waals surface area contributed by atoms with Crippen LogP contribution >= 0.6 is 0 Å². The molecule has 2 aromatic carbocycles. The van der Waals surface area contributed by atoms with E-state index in [2.05, 4.69) is 5.32 Å². The summed E-state index contributed by atoms with van der Waals surface area (Å²) in [5, 5.41) is 2.78. The van der Waals surface area contributed by atoms with Crippen molar-refractivity contribution in [3.63, 3.8) is 0 Å². The molecule has 0 heterocycles. The largest absolute Gasteiger partial charge is 0.484 e. The van der Waals surface area contributed by atoms with Gasteiger partial charge in [0, 0.05) is 13.1 Å². The maximum absolute atomic E-state index is 13.2. The van der Waals surface area contributed by atoms with Gasteiger partial charge in [0.1, 0.15) is 17.6 Å². The van der Waals surface area contributed by atoms with Gasteiger partial charge < -0.3 is 15.0 Å². The number of carbonyl (C=O) groups is 2. The van der Waals surface area contributed by atoms with Crippen molar-refractivity contribution in [3.8, 4) is 5.75 Å². The van der Waals surface area contributed by atoms with Crippen LogP contribution in [-0.4, -0.2) is 35.9 Å². The number of carbonyl (C=O) groups excluding carboxylic acids is 2. The number of para-hydroxylation sites is 1. The fraction of sp³-hybridized carbons (Fsp3) is 0.364. The molecule has 0 bridgehead atoms. The Morgan fingerprint density at radius 1 is 1.11 bits per heavy atom. The Kier molecular flexibility index (Phi) is 7.99. The Morgan fingerprint density at radius 3 is 2.39 bits per heavy atom. The first kappa shape index (κ1) is 21.4. The molecule has 6 heteroatoms. The number of ether oxygens (including phenoxy) is 1. The fourth-order valence-corrected chi connectivity index (χ4v) is 2.94. The SMILES string of the molecule is CCNC(=O)[C@H](CC)N(Cc1ccc(F)cc1)C(=O)COc1ccccc1C.